The van der Waals surface area contributed by atoms with Crippen LogP contribution in [0.4, 0.5) is 5.69 Å². The lowest BCUT2D eigenvalue weighted by atomic mass is 10.0. The van der Waals surface area contributed by atoms with Gasteiger partial charge in [-0.15, -0.1) is 0 Å². The van der Waals surface area contributed by atoms with Gasteiger partial charge in [0.05, 0.1) is 29.1 Å². The van der Waals surface area contributed by atoms with Gasteiger partial charge in [-0.2, -0.15) is 11.8 Å². The van der Waals surface area contributed by atoms with Crippen molar-refractivity contribution in [2.24, 2.45) is 0 Å². The molecular formula is C30H29N5O5S2. The summed E-state index contributed by atoms with van der Waals surface area (Å²) < 4.78 is 29.1. The number of carboxylic acid groups (broad SMARTS) is 1. The highest BCUT2D eigenvalue weighted by Gasteiger charge is 2.28. The van der Waals surface area contributed by atoms with Gasteiger partial charge in [0.2, 0.25) is 0 Å². The van der Waals surface area contributed by atoms with Crippen LogP contribution in [-0.4, -0.2) is 58.4 Å². The van der Waals surface area contributed by atoms with Crippen LogP contribution >= 0.6 is 11.8 Å². The van der Waals surface area contributed by atoms with Gasteiger partial charge < -0.3 is 20.4 Å². The van der Waals surface area contributed by atoms with E-state index in [1.54, 1.807) is 42.6 Å². The van der Waals surface area contributed by atoms with Gasteiger partial charge in [-0.25, -0.2) is 18.2 Å². The molecule has 42 heavy (non-hydrogen) atoms. The number of carbonyl (C=O) groups excluding carboxylic acids is 1. The molecular weight excluding hydrogens is 574 g/mol. The van der Waals surface area contributed by atoms with Crippen molar-refractivity contribution in [3.05, 3.63) is 103 Å². The number of benzene rings is 3. The maximum atomic E-state index is 13.9. The lowest BCUT2D eigenvalue weighted by Gasteiger charge is -2.24. The fraction of sp³-hybridized carbons (Fsp3) is 0.167. The molecule has 216 valence electrons. The first kappa shape index (κ1) is 29.0. The second-order valence-electron chi connectivity index (χ2n) is 9.52. The summed E-state index contributed by atoms with van der Waals surface area (Å²) >= 11 is 1.50. The van der Waals surface area contributed by atoms with Crippen LogP contribution in [0.25, 0.3) is 22.0 Å². The number of H-pyrrole nitrogens is 2. The molecule has 0 spiro atoms. The van der Waals surface area contributed by atoms with E-state index < -0.39 is 27.9 Å². The SMILES string of the molecule is CSCC[C@H](NC(=O)c1[nH]c2ccc(N(Cc3cnc[nH]3)S(=O)(=O)c3ccccc3)cc2c1-c1ccccc1)C(=O)O. The zero-order valence-corrected chi connectivity index (χ0v) is 24.3. The van der Waals surface area contributed by atoms with Crippen LogP contribution < -0.4 is 9.62 Å². The highest BCUT2D eigenvalue weighted by atomic mass is 32.2. The zero-order valence-electron chi connectivity index (χ0n) is 22.7. The number of fused-ring (bicyclic) bond motifs is 1. The zero-order chi connectivity index (χ0) is 29.7. The average Bonchev–Trinajstić information content (AvgIpc) is 3.66. The van der Waals surface area contributed by atoms with Crippen molar-refractivity contribution >= 4 is 50.3 Å². The molecule has 0 radical (unpaired) electrons. The summed E-state index contributed by atoms with van der Waals surface area (Å²) in [6.45, 7) is -0.00307. The Morgan fingerprint density at radius 1 is 1.05 bits per heavy atom. The Morgan fingerprint density at radius 2 is 1.76 bits per heavy atom. The number of amides is 1. The number of hydrogen-bond acceptors (Lipinski definition) is 6. The number of thioether (sulfide) groups is 1. The van der Waals surface area contributed by atoms with Crippen LogP contribution in [0, 0.1) is 0 Å². The van der Waals surface area contributed by atoms with Gasteiger partial charge in [-0.1, -0.05) is 48.5 Å². The minimum Gasteiger partial charge on any atom is -0.480 e. The molecule has 2 aromatic heterocycles. The van der Waals surface area contributed by atoms with Gasteiger partial charge in [0.1, 0.15) is 11.7 Å². The van der Waals surface area contributed by atoms with Crippen molar-refractivity contribution in [1.82, 2.24) is 20.3 Å². The summed E-state index contributed by atoms with van der Waals surface area (Å²) in [5.41, 5.74) is 3.02. The number of carboxylic acids is 1. The molecule has 0 bridgehead atoms. The normalized spacial score (nSPS) is 12.2. The first-order chi connectivity index (χ1) is 20.3. The van der Waals surface area contributed by atoms with Gasteiger partial charge in [0.25, 0.3) is 15.9 Å². The molecule has 0 aliphatic carbocycles. The Hall–Kier alpha value is -4.55. The second kappa shape index (κ2) is 12.5. The highest BCUT2D eigenvalue weighted by molar-refractivity contribution is 7.98. The molecule has 2 heterocycles. The molecule has 0 saturated carbocycles. The van der Waals surface area contributed by atoms with Crippen molar-refractivity contribution < 1.29 is 23.1 Å². The number of nitrogens with zero attached hydrogens (tertiary/aromatic N) is 2. The molecule has 0 aliphatic rings. The van der Waals surface area contributed by atoms with E-state index in [9.17, 15) is 23.1 Å². The lowest BCUT2D eigenvalue weighted by Crippen LogP contribution is -2.41. The summed E-state index contributed by atoms with van der Waals surface area (Å²) in [4.78, 5) is 35.7. The van der Waals surface area contributed by atoms with Crippen LogP contribution in [0.15, 0.2) is 96.3 Å². The quantitative estimate of drug-likeness (QED) is 0.159. The molecule has 0 fully saturated rings. The molecule has 1 atom stereocenters. The second-order valence-corrected chi connectivity index (χ2v) is 12.4. The monoisotopic (exact) mass is 603 g/mol. The van der Waals surface area contributed by atoms with Crippen molar-refractivity contribution in [1.29, 1.82) is 0 Å². The van der Waals surface area contributed by atoms with E-state index in [1.165, 1.54) is 34.5 Å². The number of carbonyl (C=O) groups is 2. The number of anilines is 1. The highest BCUT2D eigenvalue weighted by Crippen LogP contribution is 2.36. The Labute approximate surface area is 247 Å². The summed E-state index contributed by atoms with van der Waals surface area (Å²) in [5, 5.41) is 13.0. The van der Waals surface area contributed by atoms with Gasteiger partial charge in [-0.3, -0.25) is 9.10 Å². The lowest BCUT2D eigenvalue weighted by molar-refractivity contribution is -0.139. The molecule has 12 heteroatoms. The summed E-state index contributed by atoms with van der Waals surface area (Å²) in [5.74, 6) is -1.11. The summed E-state index contributed by atoms with van der Waals surface area (Å²) in [6.07, 6.45) is 5.19. The number of rotatable bonds is 12. The molecule has 1 amide bonds. The molecule has 4 N–H and O–H groups in total. The fourth-order valence-corrected chi connectivity index (χ4v) is 6.62. The smallest absolute Gasteiger partial charge is 0.326 e. The Bertz CT molecular complexity index is 1790. The third-order valence-corrected chi connectivity index (χ3v) is 9.21. The number of aromatic amines is 2. The largest absolute Gasteiger partial charge is 0.480 e. The number of aliphatic carboxylic acids is 1. The maximum absolute atomic E-state index is 13.9. The van der Waals surface area contributed by atoms with Crippen LogP contribution in [0.5, 0.6) is 0 Å². The third kappa shape index (κ3) is 6.04. The van der Waals surface area contributed by atoms with E-state index in [1.807, 2.05) is 36.6 Å². The minimum atomic E-state index is -3.99. The standard InChI is InChI=1S/C30H29N5O5S2/c1-41-15-14-26(30(37)38)34-29(36)28-27(20-8-4-2-5-9-20)24-16-22(12-13-25(24)33-28)35(18-21-17-31-19-32-21)42(39,40)23-10-6-3-7-11-23/h2-13,16-17,19,26,33H,14-15,18H2,1H3,(H,31,32)(H,34,36)(H,37,38)/t26-/m0/s1. The van der Waals surface area contributed by atoms with Crippen molar-refractivity contribution in [3.63, 3.8) is 0 Å². The number of hydrogen-bond donors (Lipinski definition) is 4. The molecule has 5 rings (SSSR count). The molecule has 0 saturated heterocycles. The number of sulfonamides is 1. The Balaban J connectivity index is 1.64. The predicted molar refractivity (Wildman–Crippen MR) is 164 cm³/mol. The van der Waals surface area contributed by atoms with Crippen molar-refractivity contribution in [2.75, 3.05) is 16.3 Å². The average molecular weight is 604 g/mol. The first-order valence-electron chi connectivity index (χ1n) is 13.1. The summed E-state index contributed by atoms with van der Waals surface area (Å²) in [6, 6.07) is 21.4. The summed E-state index contributed by atoms with van der Waals surface area (Å²) in [7, 11) is -3.99. The molecule has 0 unspecified atom stereocenters. The third-order valence-electron chi connectivity index (χ3n) is 6.77. The van der Waals surface area contributed by atoms with E-state index in [2.05, 4.69) is 20.3 Å². The molecule has 3 aromatic carbocycles. The van der Waals surface area contributed by atoms with E-state index in [0.29, 0.717) is 39.2 Å². The van der Waals surface area contributed by atoms with Crippen LogP contribution in [0.3, 0.4) is 0 Å². The van der Waals surface area contributed by atoms with Crippen molar-refractivity contribution in [3.8, 4) is 11.1 Å². The van der Waals surface area contributed by atoms with E-state index in [-0.39, 0.29) is 23.6 Å². The number of aromatic nitrogens is 3. The van der Waals surface area contributed by atoms with Gasteiger partial charge in [-0.05, 0) is 54.3 Å². The molecule has 0 aliphatic heterocycles. The van der Waals surface area contributed by atoms with Gasteiger partial charge >= 0.3 is 5.97 Å². The van der Waals surface area contributed by atoms with E-state index in [4.69, 9.17) is 0 Å². The van der Waals surface area contributed by atoms with E-state index in [0.717, 1.165) is 0 Å². The van der Waals surface area contributed by atoms with Crippen LogP contribution in [-0.2, 0) is 21.4 Å². The maximum Gasteiger partial charge on any atom is 0.326 e. The van der Waals surface area contributed by atoms with E-state index >= 15 is 0 Å². The minimum absolute atomic E-state index is 0.00307. The van der Waals surface area contributed by atoms with Gasteiger partial charge in [0, 0.05) is 22.7 Å². The number of nitrogens with one attached hydrogen (secondary N) is 3. The fourth-order valence-electron chi connectivity index (χ4n) is 4.69. The number of imidazole rings is 1. The topological polar surface area (TPSA) is 148 Å². The van der Waals surface area contributed by atoms with Crippen LogP contribution in [0.1, 0.15) is 22.6 Å². The predicted octanol–water partition coefficient (Wildman–Crippen LogP) is 4.89. The molecule has 10 nitrogen and oxygen atoms in total. The van der Waals surface area contributed by atoms with Crippen molar-refractivity contribution in [2.45, 2.75) is 23.9 Å². The first-order valence-corrected chi connectivity index (χ1v) is 15.9. The van der Waals surface area contributed by atoms with Gasteiger partial charge in [0.15, 0.2) is 0 Å². The molecule has 5 aromatic rings. The Kier molecular flexibility index (Phi) is 8.64. The Morgan fingerprint density at radius 3 is 2.40 bits per heavy atom. The van der Waals surface area contributed by atoms with Crippen LogP contribution in [0.2, 0.25) is 0 Å².